The summed E-state index contributed by atoms with van der Waals surface area (Å²) in [4.78, 5) is 38.0. The summed E-state index contributed by atoms with van der Waals surface area (Å²) in [6.07, 6.45) is -0.223. The molecule has 2 aromatic carbocycles. The molecule has 0 bridgehead atoms. The molecular weight excluding hydrogens is 436 g/mol. The quantitative estimate of drug-likeness (QED) is 0.551. The van der Waals surface area contributed by atoms with Crippen LogP contribution in [0, 0.1) is 0 Å². The van der Waals surface area contributed by atoms with Crippen LogP contribution in [0.1, 0.15) is 49.7 Å². The number of hydrogen-bond donors (Lipinski definition) is 3. The maximum atomic E-state index is 12.8. The molecule has 1 fully saturated rings. The number of benzene rings is 2. The smallest absolute Gasteiger partial charge is 0.407 e. The number of carbonyl (C=O) groups excluding carboxylic acids is 2. The number of alkyl carbamates (subject to hydrolysis) is 1. The van der Waals surface area contributed by atoms with E-state index in [9.17, 15) is 24.6 Å². The van der Waals surface area contributed by atoms with Gasteiger partial charge in [0.15, 0.2) is 0 Å². The number of likely N-dealkylation sites (tertiary alicyclic amines) is 1. The van der Waals surface area contributed by atoms with Crippen LogP contribution in [0.4, 0.5) is 4.79 Å². The molecule has 2 aromatic rings. The second-order valence-corrected chi connectivity index (χ2v) is 8.95. The van der Waals surface area contributed by atoms with Crippen molar-refractivity contribution in [3.63, 3.8) is 0 Å². The van der Waals surface area contributed by atoms with E-state index in [1.165, 1.54) is 4.90 Å². The molecule has 8 nitrogen and oxygen atoms in total. The Hall–Kier alpha value is -3.39. The average Bonchev–Trinajstić information content (AvgIpc) is 3.36. The molecule has 2 amide bonds. The Morgan fingerprint density at radius 1 is 1.09 bits per heavy atom. The third-order valence-electron chi connectivity index (χ3n) is 6.61. The number of β-amino-alcohol motifs (C(OH)–C–C–N with tert-alkyl or cyclic N) is 1. The average molecular weight is 467 g/mol. The maximum Gasteiger partial charge on any atom is 0.407 e. The summed E-state index contributed by atoms with van der Waals surface area (Å²) in [5, 5.41) is 21.9. The number of aliphatic hydroxyl groups excluding tert-OH is 1. The first-order chi connectivity index (χ1) is 16.4. The molecule has 2 aliphatic rings. The third kappa shape index (κ3) is 4.92. The Labute approximate surface area is 198 Å². The molecule has 34 heavy (non-hydrogen) atoms. The van der Waals surface area contributed by atoms with Crippen LogP contribution in [0.25, 0.3) is 11.1 Å². The lowest BCUT2D eigenvalue weighted by atomic mass is 9.98. The Morgan fingerprint density at radius 3 is 2.29 bits per heavy atom. The van der Waals surface area contributed by atoms with Crippen molar-refractivity contribution in [1.29, 1.82) is 0 Å². The lowest BCUT2D eigenvalue weighted by Crippen LogP contribution is -2.45. The van der Waals surface area contributed by atoms with E-state index < -0.39 is 36.2 Å². The second-order valence-electron chi connectivity index (χ2n) is 8.95. The fourth-order valence-electron chi connectivity index (χ4n) is 5.03. The summed E-state index contributed by atoms with van der Waals surface area (Å²) < 4.78 is 5.59. The molecule has 3 atom stereocenters. The molecule has 1 saturated heterocycles. The minimum atomic E-state index is -1.14. The molecule has 1 aliphatic carbocycles. The van der Waals surface area contributed by atoms with Gasteiger partial charge in [0, 0.05) is 31.3 Å². The first kappa shape index (κ1) is 23.8. The minimum absolute atomic E-state index is 0.0132. The van der Waals surface area contributed by atoms with Crippen LogP contribution in [0.15, 0.2) is 48.5 Å². The number of aliphatic carboxylic acids is 1. The molecule has 1 unspecified atom stereocenters. The van der Waals surface area contributed by atoms with Crippen LogP contribution >= 0.6 is 0 Å². The fourth-order valence-corrected chi connectivity index (χ4v) is 5.03. The van der Waals surface area contributed by atoms with E-state index >= 15 is 0 Å². The van der Waals surface area contributed by atoms with E-state index in [-0.39, 0.29) is 31.9 Å². The van der Waals surface area contributed by atoms with Gasteiger partial charge < -0.3 is 25.2 Å². The summed E-state index contributed by atoms with van der Waals surface area (Å²) in [6.45, 7) is 2.10. The molecule has 0 radical (unpaired) electrons. The number of aliphatic hydroxyl groups is 1. The van der Waals surface area contributed by atoms with Crippen LogP contribution in [-0.4, -0.2) is 64.4 Å². The Bertz CT molecular complexity index is 1030. The molecule has 8 heteroatoms. The van der Waals surface area contributed by atoms with Crippen LogP contribution in [0.5, 0.6) is 0 Å². The maximum absolute atomic E-state index is 12.8. The van der Waals surface area contributed by atoms with Gasteiger partial charge in [0.25, 0.3) is 0 Å². The van der Waals surface area contributed by atoms with Crippen molar-refractivity contribution in [3.8, 4) is 11.1 Å². The summed E-state index contributed by atoms with van der Waals surface area (Å²) in [5.41, 5.74) is 4.51. The van der Waals surface area contributed by atoms with Crippen molar-refractivity contribution in [2.45, 2.75) is 56.7 Å². The Balaban J connectivity index is 1.37. The number of carbonyl (C=O) groups is 3. The Kier molecular flexibility index (Phi) is 7.17. The van der Waals surface area contributed by atoms with Crippen molar-refractivity contribution < 1.29 is 29.3 Å². The van der Waals surface area contributed by atoms with Gasteiger partial charge in [-0.05, 0) is 28.7 Å². The van der Waals surface area contributed by atoms with Gasteiger partial charge in [-0.2, -0.15) is 0 Å². The number of nitrogens with one attached hydrogen (secondary N) is 1. The standard InChI is InChI=1S/C26H30N2O6/c1-2-7-16(12-24(30)28-14-17(29)13-23(28)25(31)32)27-26(33)34-15-22-20-10-5-3-8-18(20)19-9-4-6-11-21(19)22/h3-6,8-11,16-17,22-23,29H,2,7,12-15H2,1H3,(H,27,33)(H,31,32)/t16?,17-,23+/m1/s1. The molecule has 0 aromatic heterocycles. The van der Waals surface area contributed by atoms with Gasteiger partial charge in [0.1, 0.15) is 12.6 Å². The summed E-state index contributed by atoms with van der Waals surface area (Å²) in [6, 6.07) is 14.6. The zero-order chi connectivity index (χ0) is 24.2. The van der Waals surface area contributed by atoms with Crippen molar-refractivity contribution in [1.82, 2.24) is 10.2 Å². The highest BCUT2D eigenvalue weighted by atomic mass is 16.5. The number of nitrogens with zero attached hydrogens (tertiary/aromatic N) is 1. The van der Waals surface area contributed by atoms with Gasteiger partial charge in [-0.1, -0.05) is 61.9 Å². The Morgan fingerprint density at radius 2 is 1.71 bits per heavy atom. The molecule has 3 N–H and O–H groups in total. The van der Waals surface area contributed by atoms with Gasteiger partial charge >= 0.3 is 12.1 Å². The van der Waals surface area contributed by atoms with Gasteiger partial charge in [0.2, 0.25) is 5.91 Å². The number of rotatable bonds is 8. The van der Waals surface area contributed by atoms with Gasteiger partial charge in [-0.15, -0.1) is 0 Å². The van der Waals surface area contributed by atoms with E-state index in [1.807, 2.05) is 43.3 Å². The highest BCUT2D eigenvalue weighted by Crippen LogP contribution is 2.44. The number of hydrogen-bond acceptors (Lipinski definition) is 5. The van der Waals surface area contributed by atoms with Crippen molar-refractivity contribution in [3.05, 3.63) is 59.7 Å². The van der Waals surface area contributed by atoms with E-state index in [0.29, 0.717) is 6.42 Å². The molecule has 1 aliphatic heterocycles. The first-order valence-electron chi connectivity index (χ1n) is 11.7. The second kappa shape index (κ2) is 10.3. The number of fused-ring (bicyclic) bond motifs is 3. The van der Waals surface area contributed by atoms with E-state index in [0.717, 1.165) is 28.7 Å². The van der Waals surface area contributed by atoms with E-state index in [4.69, 9.17) is 4.74 Å². The highest BCUT2D eigenvalue weighted by Gasteiger charge is 2.39. The monoisotopic (exact) mass is 466 g/mol. The molecule has 0 saturated carbocycles. The van der Waals surface area contributed by atoms with E-state index in [1.54, 1.807) is 0 Å². The van der Waals surface area contributed by atoms with Gasteiger partial charge in [0.05, 0.1) is 6.10 Å². The van der Waals surface area contributed by atoms with E-state index in [2.05, 4.69) is 17.4 Å². The number of ether oxygens (including phenoxy) is 1. The summed E-state index contributed by atoms with van der Waals surface area (Å²) in [7, 11) is 0. The zero-order valence-corrected chi connectivity index (χ0v) is 19.1. The third-order valence-corrected chi connectivity index (χ3v) is 6.61. The van der Waals surface area contributed by atoms with Crippen LogP contribution in [0.2, 0.25) is 0 Å². The SMILES string of the molecule is CCCC(CC(=O)N1C[C@H](O)C[C@H]1C(=O)O)NC(=O)OCC1c2ccccc2-c2ccccc21. The molecular formula is C26H30N2O6. The normalized spacial score (nSPS) is 19.9. The fraction of sp³-hybridized carbons (Fsp3) is 0.423. The van der Waals surface area contributed by atoms with Gasteiger partial charge in [-0.25, -0.2) is 9.59 Å². The first-order valence-corrected chi connectivity index (χ1v) is 11.7. The van der Waals surface area contributed by atoms with Crippen LogP contribution in [-0.2, 0) is 14.3 Å². The number of carboxylic acid groups (broad SMARTS) is 1. The highest BCUT2D eigenvalue weighted by molar-refractivity contribution is 5.85. The van der Waals surface area contributed by atoms with Crippen molar-refractivity contribution in [2.24, 2.45) is 0 Å². The van der Waals surface area contributed by atoms with Gasteiger partial charge in [-0.3, -0.25) is 4.79 Å². The number of carboxylic acids is 1. The lowest BCUT2D eigenvalue weighted by Gasteiger charge is -2.25. The predicted molar refractivity (Wildman–Crippen MR) is 125 cm³/mol. The number of amides is 2. The lowest BCUT2D eigenvalue weighted by molar-refractivity contribution is -0.148. The molecule has 180 valence electrons. The topological polar surface area (TPSA) is 116 Å². The molecule has 4 rings (SSSR count). The predicted octanol–water partition coefficient (Wildman–Crippen LogP) is 3.13. The van der Waals surface area contributed by atoms with Crippen LogP contribution in [0.3, 0.4) is 0 Å². The molecule has 0 spiro atoms. The summed E-state index contributed by atoms with van der Waals surface area (Å²) in [5.74, 6) is -1.60. The molecule has 1 heterocycles. The van der Waals surface area contributed by atoms with Crippen molar-refractivity contribution >= 4 is 18.0 Å². The van der Waals surface area contributed by atoms with Crippen molar-refractivity contribution in [2.75, 3.05) is 13.2 Å². The zero-order valence-electron chi connectivity index (χ0n) is 19.1. The summed E-state index contributed by atoms with van der Waals surface area (Å²) >= 11 is 0. The largest absolute Gasteiger partial charge is 0.480 e. The minimum Gasteiger partial charge on any atom is -0.480 e. The van der Waals surface area contributed by atoms with Crippen LogP contribution < -0.4 is 5.32 Å².